The van der Waals surface area contributed by atoms with Gasteiger partial charge in [-0.3, -0.25) is 0 Å². The van der Waals surface area contributed by atoms with E-state index in [2.05, 4.69) is 197 Å². The smallest absolute Gasteiger partial charge is 0.0465 e. The first-order valence-electron chi connectivity index (χ1n) is 18.8. The third-order valence-corrected chi connectivity index (χ3v) is 12.0. The van der Waals surface area contributed by atoms with E-state index in [4.69, 9.17) is 0 Å². The van der Waals surface area contributed by atoms with E-state index < -0.39 is 0 Å². The average Bonchev–Trinajstić information content (AvgIpc) is 3.54. The summed E-state index contributed by atoms with van der Waals surface area (Å²) in [5.41, 5.74) is 21.1. The van der Waals surface area contributed by atoms with Crippen molar-refractivity contribution >= 4 is 28.4 Å². The third kappa shape index (κ3) is 4.77. The Morgan fingerprint density at radius 1 is 0.481 bits per heavy atom. The first-order valence-corrected chi connectivity index (χ1v) is 18.8. The number of allylic oxidation sites excluding steroid dienone is 4. The highest BCUT2D eigenvalue weighted by molar-refractivity contribution is 5.96. The number of benzene rings is 6. The van der Waals surface area contributed by atoms with Crippen molar-refractivity contribution in [1.82, 2.24) is 0 Å². The van der Waals surface area contributed by atoms with Gasteiger partial charge in [-0.2, -0.15) is 0 Å². The molecule has 0 saturated carbocycles. The summed E-state index contributed by atoms with van der Waals surface area (Å²) in [4.78, 5) is 4.86. The second-order valence-corrected chi connectivity index (χ2v) is 15.8. The van der Waals surface area contributed by atoms with Crippen molar-refractivity contribution in [3.8, 4) is 22.3 Å². The number of rotatable bonds is 6. The van der Waals surface area contributed by atoms with Crippen LogP contribution in [0.1, 0.15) is 73.9 Å². The van der Waals surface area contributed by atoms with Gasteiger partial charge < -0.3 is 9.80 Å². The first-order chi connectivity index (χ1) is 25.2. The summed E-state index contributed by atoms with van der Waals surface area (Å²) >= 11 is 0. The fourth-order valence-corrected chi connectivity index (χ4v) is 9.44. The molecule has 0 unspecified atom stereocenters. The average molecular weight is 675 g/mol. The van der Waals surface area contributed by atoms with Crippen LogP contribution in [0, 0.1) is 13.8 Å². The molecule has 6 aromatic rings. The lowest BCUT2D eigenvalue weighted by molar-refractivity contribution is 0.600. The molecule has 3 aliphatic rings. The summed E-state index contributed by atoms with van der Waals surface area (Å²) in [6, 6.07) is 46.8. The maximum absolute atomic E-state index is 2.49. The molecule has 2 nitrogen and oxygen atoms in total. The lowest BCUT2D eigenvalue weighted by Crippen LogP contribution is -2.25. The van der Waals surface area contributed by atoms with Crippen molar-refractivity contribution in [3.63, 3.8) is 0 Å². The van der Waals surface area contributed by atoms with Crippen molar-refractivity contribution in [3.05, 3.63) is 185 Å². The van der Waals surface area contributed by atoms with Crippen molar-refractivity contribution in [2.24, 2.45) is 0 Å². The Morgan fingerprint density at radius 3 is 1.33 bits per heavy atom. The van der Waals surface area contributed by atoms with Gasteiger partial charge >= 0.3 is 0 Å². The summed E-state index contributed by atoms with van der Waals surface area (Å²) in [6.45, 7) is 14.5. The second kappa shape index (κ2) is 12.0. The van der Waals surface area contributed by atoms with Crippen molar-refractivity contribution in [2.75, 3.05) is 9.80 Å². The van der Waals surface area contributed by atoms with E-state index in [1.807, 2.05) is 0 Å². The molecule has 0 amide bonds. The van der Waals surface area contributed by atoms with Crippen LogP contribution in [0.25, 0.3) is 22.3 Å². The summed E-state index contributed by atoms with van der Waals surface area (Å²) in [6.07, 6.45) is 8.85. The molecule has 0 aromatic heterocycles. The van der Waals surface area contributed by atoms with Gasteiger partial charge in [0.05, 0.1) is 0 Å². The fourth-order valence-electron chi connectivity index (χ4n) is 9.44. The Hall–Kier alpha value is -5.60. The normalized spacial score (nSPS) is 15.7. The molecule has 0 heterocycles. The molecular weight excluding hydrogens is 629 g/mol. The zero-order valence-electron chi connectivity index (χ0n) is 31.2. The Balaban J connectivity index is 1.21. The molecule has 52 heavy (non-hydrogen) atoms. The standard InChI is InChI=1S/C50H46N2/c1-33-34(2)46-42-30-28-40(52(37-23-15-9-16-24-37)38-25-17-10-18-26-38)32-44(42)50(5,6)48(46)47-45(33)41-29-27-39(31-43(41)49(47,3)4)51(35-19-11-7-12-20-35)36-21-13-8-14-22-36/h7-17,19-25,27-32H,18,26H2,1-6H3. The highest BCUT2D eigenvalue weighted by Gasteiger charge is 2.47. The molecule has 0 atom stereocenters. The highest BCUT2D eigenvalue weighted by atomic mass is 15.2. The molecule has 6 aromatic carbocycles. The zero-order valence-corrected chi connectivity index (χ0v) is 31.2. The zero-order chi connectivity index (χ0) is 35.8. The molecule has 0 fully saturated rings. The lowest BCUT2D eigenvalue weighted by Gasteiger charge is -2.33. The van der Waals surface area contributed by atoms with Crippen molar-refractivity contribution < 1.29 is 0 Å². The molecule has 0 radical (unpaired) electrons. The molecule has 3 aliphatic carbocycles. The van der Waals surface area contributed by atoms with Crippen LogP contribution >= 0.6 is 0 Å². The van der Waals surface area contributed by atoms with E-state index in [0.717, 1.165) is 24.2 Å². The van der Waals surface area contributed by atoms with E-state index in [-0.39, 0.29) is 10.8 Å². The van der Waals surface area contributed by atoms with Gasteiger partial charge in [0, 0.05) is 45.0 Å². The van der Waals surface area contributed by atoms with Crippen LogP contribution in [0.4, 0.5) is 28.4 Å². The second-order valence-electron chi connectivity index (χ2n) is 15.8. The molecule has 0 saturated heterocycles. The van der Waals surface area contributed by atoms with Crippen LogP contribution in [0.15, 0.2) is 151 Å². The van der Waals surface area contributed by atoms with Crippen LogP contribution in [0.5, 0.6) is 0 Å². The third-order valence-electron chi connectivity index (χ3n) is 12.0. The first kappa shape index (κ1) is 32.3. The van der Waals surface area contributed by atoms with Gasteiger partial charge in [-0.1, -0.05) is 107 Å². The van der Waals surface area contributed by atoms with Crippen LogP contribution in [0.2, 0.25) is 0 Å². The molecular formula is C50H46N2. The Labute approximate surface area is 309 Å². The van der Waals surface area contributed by atoms with Gasteiger partial charge in [-0.15, -0.1) is 0 Å². The van der Waals surface area contributed by atoms with Gasteiger partial charge in [0.1, 0.15) is 0 Å². The number of fused-ring (bicyclic) bond motifs is 7. The number of hydrogen-bond donors (Lipinski definition) is 0. The summed E-state index contributed by atoms with van der Waals surface area (Å²) in [7, 11) is 0. The minimum atomic E-state index is -0.195. The lowest BCUT2D eigenvalue weighted by atomic mass is 9.71. The predicted molar refractivity (Wildman–Crippen MR) is 221 cm³/mol. The molecule has 0 spiro atoms. The SMILES string of the molecule is Cc1c(C)c2c(c3c1-c1ccc(N(C4=CC=CCC4)c4ccccc4)cc1C3(C)C)C(C)(C)c1cc(N(c3ccccc3)c3ccccc3)ccc1-2. The predicted octanol–water partition coefficient (Wildman–Crippen LogP) is 13.8. The van der Waals surface area contributed by atoms with Crippen LogP contribution < -0.4 is 9.80 Å². The topological polar surface area (TPSA) is 6.48 Å². The Morgan fingerprint density at radius 2 is 0.904 bits per heavy atom. The Bertz CT molecular complexity index is 2370. The number of hydrogen-bond acceptors (Lipinski definition) is 2. The van der Waals surface area contributed by atoms with Crippen LogP contribution in [-0.2, 0) is 10.8 Å². The van der Waals surface area contributed by atoms with Crippen molar-refractivity contribution in [1.29, 1.82) is 0 Å². The van der Waals surface area contributed by atoms with Gasteiger partial charge in [0.25, 0.3) is 0 Å². The summed E-state index contributed by atoms with van der Waals surface area (Å²) in [5.74, 6) is 0. The van der Waals surface area contributed by atoms with Gasteiger partial charge in [0.15, 0.2) is 0 Å². The quantitative estimate of drug-likeness (QED) is 0.173. The highest BCUT2D eigenvalue weighted by Crippen LogP contribution is 2.62. The van der Waals surface area contributed by atoms with Gasteiger partial charge in [-0.05, 0) is 149 Å². The minimum Gasteiger partial charge on any atom is -0.314 e. The number of para-hydroxylation sites is 3. The molecule has 256 valence electrons. The largest absolute Gasteiger partial charge is 0.314 e. The van der Waals surface area contributed by atoms with E-state index in [9.17, 15) is 0 Å². The Kier molecular flexibility index (Phi) is 7.45. The summed E-state index contributed by atoms with van der Waals surface area (Å²) < 4.78 is 0. The van der Waals surface area contributed by atoms with E-state index in [1.54, 1.807) is 0 Å². The van der Waals surface area contributed by atoms with Crippen LogP contribution in [0.3, 0.4) is 0 Å². The van der Waals surface area contributed by atoms with E-state index >= 15 is 0 Å². The van der Waals surface area contributed by atoms with Crippen molar-refractivity contribution in [2.45, 2.75) is 65.2 Å². The molecule has 9 rings (SSSR count). The van der Waals surface area contributed by atoms with Crippen LogP contribution in [-0.4, -0.2) is 0 Å². The molecule has 0 N–H and O–H groups in total. The maximum Gasteiger partial charge on any atom is 0.0465 e. The molecule has 0 bridgehead atoms. The van der Waals surface area contributed by atoms with Gasteiger partial charge in [-0.25, -0.2) is 0 Å². The van der Waals surface area contributed by atoms with E-state index in [1.165, 1.54) is 78.4 Å². The summed E-state index contributed by atoms with van der Waals surface area (Å²) in [5, 5.41) is 0. The number of nitrogens with zero attached hydrogens (tertiary/aromatic N) is 2. The minimum absolute atomic E-state index is 0.186. The van der Waals surface area contributed by atoms with E-state index in [0.29, 0.717) is 0 Å². The monoisotopic (exact) mass is 674 g/mol. The number of anilines is 5. The van der Waals surface area contributed by atoms with Gasteiger partial charge in [0.2, 0.25) is 0 Å². The molecule has 2 heteroatoms. The molecule has 0 aliphatic heterocycles. The fraction of sp³-hybridized carbons (Fsp3) is 0.200. The maximum atomic E-state index is 2.49.